The SMILES string of the molecule is CCCCCCCCOP(C)(=O)OCCCCCCCC. The second-order valence-electron chi connectivity index (χ2n) is 5.97. The van der Waals surface area contributed by atoms with Crippen molar-refractivity contribution in [3.05, 3.63) is 0 Å². The fourth-order valence-electron chi connectivity index (χ4n) is 2.26. The van der Waals surface area contributed by atoms with Gasteiger partial charge in [0.25, 0.3) is 0 Å². The van der Waals surface area contributed by atoms with Crippen LogP contribution in [0.4, 0.5) is 0 Å². The van der Waals surface area contributed by atoms with Gasteiger partial charge in [-0.1, -0.05) is 78.1 Å². The molecule has 0 aromatic heterocycles. The summed E-state index contributed by atoms with van der Waals surface area (Å²) in [7, 11) is -2.82. The summed E-state index contributed by atoms with van der Waals surface area (Å²) in [5.41, 5.74) is 0. The molecule has 0 spiro atoms. The molecule has 0 rings (SSSR count). The van der Waals surface area contributed by atoms with Crippen LogP contribution in [0.5, 0.6) is 0 Å². The Kier molecular flexibility index (Phi) is 15.2. The first kappa shape index (κ1) is 21.1. The monoisotopic (exact) mass is 320 g/mol. The van der Waals surface area contributed by atoms with Crippen molar-refractivity contribution in [1.82, 2.24) is 0 Å². The van der Waals surface area contributed by atoms with Crippen LogP contribution in [0.15, 0.2) is 0 Å². The van der Waals surface area contributed by atoms with Gasteiger partial charge in [0, 0.05) is 6.66 Å². The first-order valence-electron chi connectivity index (χ1n) is 8.99. The maximum absolute atomic E-state index is 12.0. The average Bonchev–Trinajstić information content (AvgIpc) is 2.45. The lowest BCUT2D eigenvalue weighted by Crippen LogP contribution is -1.98. The van der Waals surface area contributed by atoms with E-state index in [1.807, 2.05) is 0 Å². The number of unbranched alkanes of at least 4 members (excludes halogenated alkanes) is 10. The summed E-state index contributed by atoms with van der Waals surface area (Å²) in [6, 6.07) is 0. The predicted molar refractivity (Wildman–Crippen MR) is 92.2 cm³/mol. The highest BCUT2D eigenvalue weighted by Gasteiger charge is 2.15. The number of rotatable bonds is 16. The molecule has 0 aromatic rings. The summed E-state index contributed by atoms with van der Waals surface area (Å²) in [5.74, 6) is 0. The molecule has 0 fully saturated rings. The van der Waals surface area contributed by atoms with Crippen molar-refractivity contribution in [2.24, 2.45) is 0 Å². The highest BCUT2D eigenvalue weighted by Crippen LogP contribution is 2.44. The minimum Gasteiger partial charge on any atom is -0.309 e. The maximum Gasteiger partial charge on any atom is 0.327 e. The van der Waals surface area contributed by atoms with Crippen molar-refractivity contribution in [3.63, 3.8) is 0 Å². The zero-order valence-electron chi connectivity index (χ0n) is 14.6. The van der Waals surface area contributed by atoms with Crippen molar-refractivity contribution in [2.75, 3.05) is 19.9 Å². The van der Waals surface area contributed by atoms with Crippen molar-refractivity contribution in [3.8, 4) is 0 Å². The molecule has 21 heavy (non-hydrogen) atoms. The molecule has 0 N–H and O–H groups in total. The first-order chi connectivity index (χ1) is 10.1. The Morgan fingerprint density at radius 1 is 0.619 bits per heavy atom. The van der Waals surface area contributed by atoms with E-state index < -0.39 is 7.60 Å². The van der Waals surface area contributed by atoms with Gasteiger partial charge in [-0.2, -0.15) is 0 Å². The van der Waals surface area contributed by atoms with Crippen LogP contribution in [0.3, 0.4) is 0 Å². The van der Waals surface area contributed by atoms with E-state index in [-0.39, 0.29) is 0 Å². The Morgan fingerprint density at radius 2 is 0.952 bits per heavy atom. The molecule has 0 amide bonds. The fourth-order valence-corrected chi connectivity index (χ4v) is 3.26. The maximum atomic E-state index is 12.0. The Morgan fingerprint density at radius 3 is 1.33 bits per heavy atom. The summed E-state index contributed by atoms with van der Waals surface area (Å²) in [4.78, 5) is 0. The Hall–Kier alpha value is 0.150. The Bertz CT molecular complexity index is 234. The largest absolute Gasteiger partial charge is 0.327 e. The van der Waals surface area contributed by atoms with E-state index >= 15 is 0 Å². The molecule has 0 atom stereocenters. The topological polar surface area (TPSA) is 35.5 Å². The van der Waals surface area contributed by atoms with E-state index in [2.05, 4.69) is 13.8 Å². The molecule has 0 aromatic carbocycles. The Labute approximate surface area is 132 Å². The van der Waals surface area contributed by atoms with Crippen LogP contribution in [0.2, 0.25) is 0 Å². The molecule has 3 nitrogen and oxygen atoms in total. The smallest absolute Gasteiger partial charge is 0.309 e. The van der Waals surface area contributed by atoms with E-state index in [9.17, 15) is 4.57 Å². The highest BCUT2D eigenvalue weighted by atomic mass is 31.2. The van der Waals surface area contributed by atoms with Gasteiger partial charge in [-0.25, -0.2) is 0 Å². The minimum atomic E-state index is -2.82. The molecule has 4 heteroatoms. The predicted octanol–water partition coefficient (Wildman–Crippen LogP) is 6.56. The third kappa shape index (κ3) is 16.3. The highest BCUT2D eigenvalue weighted by molar-refractivity contribution is 7.52. The zero-order valence-corrected chi connectivity index (χ0v) is 15.5. The molecule has 0 aliphatic heterocycles. The van der Waals surface area contributed by atoms with Gasteiger partial charge >= 0.3 is 7.60 Å². The summed E-state index contributed by atoms with van der Waals surface area (Å²) >= 11 is 0. The van der Waals surface area contributed by atoms with Crippen molar-refractivity contribution in [1.29, 1.82) is 0 Å². The van der Waals surface area contributed by atoms with Crippen molar-refractivity contribution >= 4 is 7.60 Å². The molecule has 0 aliphatic carbocycles. The zero-order chi connectivity index (χ0) is 15.8. The molecule has 0 unspecified atom stereocenters. The van der Waals surface area contributed by atoms with Crippen LogP contribution in [0, 0.1) is 0 Å². The lowest BCUT2D eigenvalue weighted by atomic mass is 10.1. The van der Waals surface area contributed by atoms with Gasteiger partial charge in [0.15, 0.2) is 0 Å². The summed E-state index contributed by atoms with van der Waals surface area (Å²) < 4.78 is 22.9. The Balaban J connectivity index is 3.37. The molecule has 0 saturated carbocycles. The summed E-state index contributed by atoms with van der Waals surface area (Å²) in [6.07, 6.45) is 14.6. The molecular formula is C17H37O3P. The normalized spacial score (nSPS) is 12.0. The standard InChI is InChI=1S/C17H37O3P/c1-4-6-8-10-12-14-16-19-21(3,18)20-17-15-13-11-9-7-5-2/h4-17H2,1-3H3. The van der Waals surface area contributed by atoms with Crippen LogP contribution in [-0.2, 0) is 13.6 Å². The number of hydrogen-bond donors (Lipinski definition) is 0. The molecule has 128 valence electrons. The molecule has 0 saturated heterocycles. The fraction of sp³-hybridized carbons (Fsp3) is 1.00. The molecule has 0 radical (unpaired) electrons. The first-order valence-corrected chi connectivity index (χ1v) is 11.0. The second-order valence-corrected chi connectivity index (χ2v) is 8.03. The third-order valence-electron chi connectivity index (χ3n) is 3.65. The van der Waals surface area contributed by atoms with Crippen LogP contribution >= 0.6 is 7.60 Å². The van der Waals surface area contributed by atoms with Gasteiger partial charge < -0.3 is 9.05 Å². The lowest BCUT2D eigenvalue weighted by Gasteiger charge is -2.14. The van der Waals surface area contributed by atoms with E-state index in [1.54, 1.807) is 6.66 Å². The van der Waals surface area contributed by atoms with Gasteiger partial charge in [-0.3, -0.25) is 4.57 Å². The van der Waals surface area contributed by atoms with E-state index in [4.69, 9.17) is 9.05 Å². The van der Waals surface area contributed by atoms with Crippen LogP contribution in [-0.4, -0.2) is 19.9 Å². The van der Waals surface area contributed by atoms with Crippen LogP contribution in [0.1, 0.15) is 90.9 Å². The molecule has 0 heterocycles. The van der Waals surface area contributed by atoms with Gasteiger partial charge in [0.2, 0.25) is 0 Å². The lowest BCUT2D eigenvalue weighted by molar-refractivity contribution is 0.202. The van der Waals surface area contributed by atoms with E-state index in [1.165, 1.54) is 51.4 Å². The second kappa shape index (κ2) is 15.1. The molecule has 0 aliphatic rings. The van der Waals surface area contributed by atoms with Crippen molar-refractivity contribution in [2.45, 2.75) is 90.9 Å². The molecular weight excluding hydrogens is 283 g/mol. The summed E-state index contributed by atoms with van der Waals surface area (Å²) in [6.45, 7) is 7.17. The summed E-state index contributed by atoms with van der Waals surface area (Å²) in [5, 5.41) is 0. The van der Waals surface area contributed by atoms with E-state index in [0.29, 0.717) is 13.2 Å². The quantitative estimate of drug-likeness (QED) is 0.238. The van der Waals surface area contributed by atoms with Gasteiger partial charge in [0.1, 0.15) is 0 Å². The van der Waals surface area contributed by atoms with Crippen LogP contribution in [0.25, 0.3) is 0 Å². The van der Waals surface area contributed by atoms with Crippen LogP contribution < -0.4 is 0 Å². The van der Waals surface area contributed by atoms with Gasteiger partial charge in [-0.05, 0) is 12.8 Å². The van der Waals surface area contributed by atoms with Gasteiger partial charge in [0.05, 0.1) is 13.2 Å². The molecule has 0 bridgehead atoms. The van der Waals surface area contributed by atoms with Gasteiger partial charge in [-0.15, -0.1) is 0 Å². The third-order valence-corrected chi connectivity index (χ3v) is 4.95. The van der Waals surface area contributed by atoms with E-state index in [0.717, 1.165) is 25.7 Å². The average molecular weight is 320 g/mol. The number of hydrogen-bond acceptors (Lipinski definition) is 3. The van der Waals surface area contributed by atoms with Crippen molar-refractivity contribution < 1.29 is 13.6 Å². The minimum absolute atomic E-state index is 0.566.